The number of carbonyl (C=O) groups is 1. The van der Waals surface area contributed by atoms with E-state index < -0.39 is 17.5 Å². The highest BCUT2D eigenvalue weighted by atomic mass is 19.1. The molecule has 0 saturated heterocycles. The third-order valence-corrected chi connectivity index (χ3v) is 3.28. The number of carbonyl (C=O) groups excluding carboxylic acids is 1. The highest BCUT2D eigenvalue weighted by molar-refractivity contribution is 5.75. The molecule has 9 nitrogen and oxygen atoms in total. The molecule has 0 atom stereocenters. The Labute approximate surface area is 145 Å². The van der Waals surface area contributed by atoms with Crippen molar-refractivity contribution in [2.45, 2.75) is 13.1 Å². The molecule has 0 spiro atoms. The summed E-state index contributed by atoms with van der Waals surface area (Å²) in [5.41, 5.74) is 5.98. The molecule has 1 amide bonds. The molecule has 0 aliphatic carbocycles. The van der Waals surface area contributed by atoms with Crippen LogP contribution in [0.5, 0.6) is 11.6 Å². The van der Waals surface area contributed by atoms with Gasteiger partial charge in [-0.1, -0.05) is 11.2 Å². The molecule has 1 aromatic carbocycles. The van der Waals surface area contributed by atoms with Crippen LogP contribution in [0.1, 0.15) is 5.56 Å². The van der Waals surface area contributed by atoms with Gasteiger partial charge in [0.2, 0.25) is 17.7 Å². The molecule has 3 rings (SSSR count). The second kappa shape index (κ2) is 7.51. The number of hydrogen-bond acceptors (Lipinski definition) is 7. The molecule has 11 heteroatoms. The summed E-state index contributed by atoms with van der Waals surface area (Å²) in [5.74, 6) is -2.06. The number of nitrogens with zero attached hydrogens (tertiary/aromatic N) is 5. The highest BCUT2D eigenvalue weighted by Gasteiger charge is 2.12. The molecule has 0 aliphatic heterocycles. The maximum absolute atomic E-state index is 13.7. The molecule has 0 fully saturated rings. The number of hydrogen-bond donors (Lipinski definition) is 2. The smallest absolute Gasteiger partial charge is 0.242 e. The summed E-state index contributed by atoms with van der Waals surface area (Å²) in [5, 5.41) is 13.0. The van der Waals surface area contributed by atoms with E-state index >= 15 is 0 Å². The number of benzene rings is 1. The van der Waals surface area contributed by atoms with Crippen molar-refractivity contribution in [3.8, 4) is 11.6 Å². The van der Waals surface area contributed by atoms with Crippen LogP contribution in [0.4, 0.5) is 14.7 Å². The van der Waals surface area contributed by atoms with E-state index in [1.165, 1.54) is 6.20 Å². The molecule has 0 aliphatic rings. The van der Waals surface area contributed by atoms with E-state index in [-0.39, 0.29) is 30.7 Å². The third kappa shape index (κ3) is 4.06. The average molecular weight is 361 g/mol. The number of rotatable bonds is 6. The molecule has 134 valence electrons. The number of aromatic nitrogens is 5. The molecule has 0 bridgehead atoms. The van der Waals surface area contributed by atoms with Crippen LogP contribution in [0, 0.1) is 11.6 Å². The van der Waals surface area contributed by atoms with Gasteiger partial charge in [0.05, 0.1) is 0 Å². The molecule has 2 aromatic heterocycles. The maximum Gasteiger partial charge on any atom is 0.242 e. The topological polar surface area (TPSA) is 121 Å². The van der Waals surface area contributed by atoms with Gasteiger partial charge in [-0.3, -0.25) is 4.79 Å². The van der Waals surface area contributed by atoms with Crippen molar-refractivity contribution >= 4 is 11.9 Å². The van der Waals surface area contributed by atoms with Crippen LogP contribution >= 0.6 is 0 Å². The number of nitrogens with one attached hydrogen (secondary N) is 1. The van der Waals surface area contributed by atoms with Crippen LogP contribution in [0.15, 0.2) is 36.5 Å². The van der Waals surface area contributed by atoms with Gasteiger partial charge in [0.25, 0.3) is 0 Å². The number of nitrogens with two attached hydrogens (primary N) is 1. The summed E-state index contributed by atoms with van der Waals surface area (Å²) >= 11 is 0. The Morgan fingerprint density at radius 2 is 2.15 bits per heavy atom. The van der Waals surface area contributed by atoms with Gasteiger partial charge in [-0.25, -0.2) is 18.4 Å². The molecule has 0 unspecified atom stereocenters. The summed E-state index contributed by atoms with van der Waals surface area (Å²) in [4.78, 5) is 16.0. The van der Waals surface area contributed by atoms with Crippen molar-refractivity contribution in [3.63, 3.8) is 0 Å². The Morgan fingerprint density at radius 3 is 2.88 bits per heavy atom. The van der Waals surface area contributed by atoms with Gasteiger partial charge >= 0.3 is 0 Å². The largest absolute Gasteiger partial charge is 0.436 e. The number of pyridine rings is 1. The van der Waals surface area contributed by atoms with Crippen molar-refractivity contribution in [1.29, 1.82) is 0 Å². The Hall–Kier alpha value is -3.63. The summed E-state index contributed by atoms with van der Waals surface area (Å²) in [7, 11) is 0. The first-order valence-corrected chi connectivity index (χ1v) is 7.38. The molecule has 26 heavy (non-hydrogen) atoms. The number of nitrogen functional groups attached to an aromatic ring is 1. The van der Waals surface area contributed by atoms with E-state index in [9.17, 15) is 13.6 Å². The van der Waals surface area contributed by atoms with E-state index in [4.69, 9.17) is 10.5 Å². The zero-order valence-corrected chi connectivity index (χ0v) is 13.3. The SMILES string of the molecule is Nc1nnnn1CC(=O)NCc1cccnc1Oc1ccc(F)cc1F. The van der Waals surface area contributed by atoms with Gasteiger partial charge < -0.3 is 15.8 Å². The quantitative estimate of drug-likeness (QED) is 0.673. The normalized spacial score (nSPS) is 10.5. The van der Waals surface area contributed by atoms with Crippen LogP contribution in [0.25, 0.3) is 0 Å². The van der Waals surface area contributed by atoms with E-state index in [0.29, 0.717) is 11.6 Å². The Balaban J connectivity index is 1.67. The second-order valence-electron chi connectivity index (χ2n) is 5.12. The third-order valence-electron chi connectivity index (χ3n) is 3.28. The van der Waals surface area contributed by atoms with Crippen LogP contribution in [-0.4, -0.2) is 31.1 Å². The van der Waals surface area contributed by atoms with Crippen LogP contribution in [0.2, 0.25) is 0 Å². The lowest BCUT2D eigenvalue weighted by Crippen LogP contribution is -2.28. The molecular weight excluding hydrogens is 348 g/mol. The monoisotopic (exact) mass is 361 g/mol. The molecule has 2 heterocycles. The number of anilines is 1. The van der Waals surface area contributed by atoms with E-state index in [1.807, 2.05) is 0 Å². The molecule has 3 N–H and O–H groups in total. The van der Waals surface area contributed by atoms with Gasteiger partial charge in [-0.05, 0) is 28.6 Å². The fraction of sp³-hybridized carbons (Fsp3) is 0.133. The second-order valence-corrected chi connectivity index (χ2v) is 5.12. The summed E-state index contributed by atoms with van der Waals surface area (Å²) < 4.78 is 33.2. The van der Waals surface area contributed by atoms with E-state index in [2.05, 4.69) is 25.8 Å². The highest BCUT2D eigenvalue weighted by Crippen LogP contribution is 2.25. The fourth-order valence-corrected chi connectivity index (χ4v) is 2.02. The Morgan fingerprint density at radius 1 is 1.31 bits per heavy atom. The van der Waals surface area contributed by atoms with Gasteiger partial charge in [-0.15, -0.1) is 0 Å². The van der Waals surface area contributed by atoms with Crippen molar-refractivity contribution < 1.29 is 18.3 Å². The lowest BCUT2D eigenvalue weighted by atomic mass is 10.2. The standard InChI is InChI=1S/C15H13F2N7O2/c16-10-3-4-12(11(17)6-10)26-14-9(2-1-5-19-14)7-20-13(25)8-24-15(18)21-22-23-24/h1-6H,7-8H2,(H,20,25)(H2,18,21,23). The van der Waals surface area contributed by atoms with Crippen LogP contribution in [-0.2, 0) is 17.9 Å². The molecule has 3 aromatic rings. The maximum atomic E-state index is 13.7. The van der Waals surface area contributed by atoms with Gasteiger partial charge in [0.1, 0.15) is 12.4 Å². The number of halogens is 2. The minimum absolute atomic E-state index is 0.0114. The first-order valence-electron chi connectivity index (χ1n) is 7.38. The van der Waals surface area contributed by atoms with Crippen LogP contribution in [0.3, 0.4) is 0 Å². The minimum Gasteiger partial charge on any atom is -0.436 e. The zero-order valence-electron chi connectivity index (χ0n) is 13.3. The first kappa shape index (κ1) is 17.2. The average Bonchev–Trinajstić information content (AvgIpc) is 3.01. The molecular formula is C15H13F2N7O2. The number of tetrazole rings is 1. The van der Waals surface area contributed by atoms with Gasteiger partial charge in [0.15, 0.2) is 11.6 Å². The fourth-order valence-electron chi connectivity index (χ4n) is 2.02. The van der Waals surface area contributed by atoms with E-state index in [0.717, 1.165) is 16.8 Å². The van der Waals surface area contributed by atoms with Crippen molar-refractivity contribution in [2.75, 3.05) is 5.73 Å². The van der Waals surface area contributed by atoms with Crippen molar-refractivity contribution in [3.05, 3.63) is 53.7 Å². The van der Waals surface area contributed by atoms with Gasteiger partial charge in [-0.2, -0.15) is 0 Å². The predicted octanol–water partition coefficient (Wildman–Crippen LogP) is 1.04. The molecule has 0 radical (unpaired) electrons. The Bertz CT molecular complexity index is 932. The lowest BCUT2D eigenvalue weighted by Gasteiger charge is -2.11. The van der Waals surface area contributed by atoms with Crippen molar-refractivity contribution in [2.24, 2.45) is 0 Å². The van der Waals surface area contributed by atoms with E-state index in [1.54, 1.807) is 12.1 Å². The number of amides is 1. The minimum atomic E-state index is -0.861. The first-order chi connectivity index (χ1) is 12.5. The Kier molecular flexibility index (Phi) is 4.97. The number of ether oxygens (including phenoxy) is 1. The lowest BCUT2D eigenvalue weighted by molar-refractivity contribution is -0.122. The van der Waals surface area contributed by atoms with Crippen LogP contribution < -0.4 is 15.8 Å². The zero-order chi connectivity index (χ0) is 18.5. The summed E-state index contributed by atoms with van der Waals surface area (Å²) in [6, 6.07) is 6.21. The molecule has 0 saturated carbocycles. The summed E-state index contributed by atoms with van der Waals surface area (Å²) in [6.07, 6.45) is 1.45. The van der Waals surface area contributed by atoms with Crippen molar-refractivity contribution in [1.82, 2.24) is 30.5 Å². The summed E-state index contributed by atoms with van der Waals surface area (Å²) in [6.45, 7) is -0.102. The predicted molar refractivity (Wildman–Crippen MR) is 84.7 cm³/mol. The van der Waals surface area contributed by atoms with Gasteiger partial charge in [0, 0.05) is 24.4 Å².